The van der Waals surface area contributed by atoms with Crippen LogP contribution < -0.4 is 0 Å². The second-order valence-corrected chi connectivity index (χ2v) is 3.86. The Bertz CT molecular complexity index is 272. The molecule has 18 heavy (non-hydrogen) atoms. The predicted octanol–water partition coefficient (Wildman–Crippen LogP) is -0.158. The normalized spacial score (nSPS) is 12.0. The largest absolute Gasteiger partial charge is 0.480 e. The molecule has 0 aliphatic carbocycles. The van der Waals surface area contributed by atoms with Crippen LogP contribution in [0.3, 0.4) is 0 Å². The molecular formula is C11H22N2O5. The minimum absolute atomic E-state index is 0.155. The van der Waals surface area contributed by atoms with Gasteiger partial charge in [-0.15, -0.1) is 0 Å². The maximum absolute atomic E-state index is 12.1. The summed E-state index contributed by atoms with van der Waals surface area (Å²) in [5.41, 5.74) is 0. The first-order valence-electron chi connectivity index (χ1n) is 5.83. The monoisotopic (exact) mass is 262 g/mol. The smallest absolute Gasteiger partial charge is 0.326 e. The summed E-state index contributed by atoms with van der Waals surface area (Å²) in [6, 6.07) is -1.28. The average Bonchev–Trinajstić information content (AvgIpc) is 2.33. The van der Waals surface area contributed by atoms with Crippen LogP contribution in [-0.2, 0) is 9.53 Å². The molecule has 7 nitrogen and oxygen atoms in total. The molecule has 0 rings (SSSR count). The number of amides is 2. The number of methoxy groups -OCH3 is 1. The van der Waals surface area contributed by atoms with Crippen molar-refractivity contribution < 1.29 is 24.5 Å². The lowest BCUT2D eigenvalue weighted by molar-refractivity contribution is -0.142. The van der Waals surface area contributed by atoms with Crippen LogP contribution in [0.4, 0.5) is 4.79 Å². The van der Waals surface area contributed by atoms with Crippen LogP contribution in [0.1, 0.15) is 13.3 Å². The van der Waals surface area contributed by atoms with Crippen molar-refractivity contribution >= 4 is 12.0 Å². The van der Waals surface area contributed by atoms with Gasteiger partial charge in [0.15, 0.2) is 0 Å². The molecule has 0 aromatic carbocycles. The van der Waals surface area contributed by atoms with Crippen LogP contribution in [0.2, 0.25) is 0 Å². The van der Waals surface area contributed by atoms with E-state index in [1.165, 1.54) is 24.0 Å². The Hall–Kier alpha value is -1.34. The number of nitrogens with zero attached hydrogens (tertiary/aromatic N) is 2. The standard InChI is InChI=1S/C11H22N2O5/c1-4-9(10(15)16)12(2)11(17)13(5-7-14)6-8-18-3/h9,14H,4-8H2,1-3H3,(H,15,16). The van der Waals surface area contributed by atoms with Gasteiger partial charge in [0.05, 0.1) is 13.2 Å². The summed E-state index contributed by atoms with van der Waals surface area (Å²) in [4.78, 5) is 25.6. The molecule has 0 heterocycles. The summed E-state index contributed by atoms with van der Waals surface area (Å²) < 4.78 is 4.87. The lowest BCUT2D eigenvalue weighted by atomic mass is 10.2. The Labute approximate surface area is 107 Å². The zero-order valence-electron chi connectivity index (χ0n) is 11.1. The molecule has 0 aliphatic rings. The van der Waals surface area contributed by atoms with E-state index in [1.54, 1.807) is 6.92 Å². The molecule has 0 saturated heterocycles. The van der Waals surface area contributed by atoms with Gasteiger partial charge < -0.3 is 24.7 Å². The number of rotatable bonds is 8. The van der Waals surface area contributed by atoms with Crippen molar-refractivity contribution in [1.29, 1.82) is 0 Å². The van der Waals surface area contributed by atoms with Gasteiger partial charge in [-0.1, -0.05) is 6.92 Å². The van der Waals surface area contributed by atoms with Crippen molar-refractivity contribution in [2.75, 3.05) is 40.5 Å². The fourth-order valence-corrected chi connectivity index (χ4v) is 1.60. The molecule has 0 fully saturated rings. The Morgan fingerprint density at radius 3 is 2.33 bits per heavy atom. The van der Waals surface area contributed by atoms with Crippen molar-refractivity contribution in [2.24, 2.45) is 0 Å². The summed E-state index contributed by atoms with van der Waals surface area (Å²) in [5.74, 6) is -1.04. The topological polar surface area (TPSA) is 90.3 Å². The Balaban J connectivity index is 4.67. The predicted molar refractivity (Wildman–Crippen MR) is 65.4 cm³/mol. The highest BCUT2D eigenvalue weighted by Crippen LogP contribution is 2.06. The zero-order valence-corrected chi connectivity index (χ0v) is 11.1. The van der Waals surface area contributed by atoms with Gasteiger partial charge in [-0.25, -0.2) is 9.59 Å². The summed E-state index contributed by atoms with van der Waals surface area (Å²) >= 11 is 0. The van der Waals surface area contributed by atoms with Crippen LogP contribution >= 0.6 is 0 Å². The summed E-state index contributed by atoms with van der Waals surface area (Å²) in [6.45, 7) is 2.34. The molecule has 0 bridgehead atoms. The minimum Gasteiger partial charge on any atom is -0.480 e. The zero-order chi connectivity index (χ0) is 14.1. The lowest BCUT2D eigenvalue weighted by Crippen LogP contribution is -2.50. The van der Waals surface area contributed by atoms with Crippen LogP contribution in [0, 0.1) is 0 Å². The molecule has 7 heteroatoms. The number of hydrogen-bond donors (Lipinski definition) is 2. The summed E-state index contributed by atoms with van der Waals surface area (Å²) in [5, 5.41) is 17.9. The maximum atomic E-state index is 12.1. The number of aliphatic hydroxyl groups excluding tert-OH is 1. The van der Waals surface area contributed by atoms with E-state index < -0.39 is 18.0 Å². The van der Waals surface area contributed by atoms with Crippen LogP contribution in [-0.4, -0.2) is 78.5 Å². The van der Waals surface area contributed by atoms with E-state index >= 15 is 0 Å². The van der Waals surface area contributed by atoms with Gasteiger partial charge in [-0.3, -0.25) is 0 Å². The highest BCUT2D eigenvalue weighted by atomic mass is 16.5. The fourth-order valence-electron chi connectivity index (χ4n) is 1.60. The maximum Gasteiger partial charge on any atom is 0.326 e. The molecule has 0 radical (unpaired) electrons. The summed E-state index contributed by atoms with van der Waals surface area (Å²) in [6.07, 6.45) is 0.328. The minimum atomic E-state index is -1.04. The molecule has 0 spiro atoms. The number of carboxylic acid groups (broad SMARTS) is 1. The average molecular weight is 262 g/mol. The van der Waals surface area contributed by atoms with Crippen LogP contribution in [0.15, 0.2) is 0 Å². The molecule has 106 valence electrons. The van der Waals surface area contributed by atoms with Crippen molar-refractivity contribution in [2.45, 2.75) is 19.4 Å². The number of urea groups is 1. The number of carbonyl (C=O) groups is 2. The Kier molecular flexibility index (Phi) is 8.06. The molecule has 1 unspecified atom stereocenters. The van der Waals surface area contributed by atoms with Gasteiger partial charge in [0.25, 0.3) is 0 Å². The molecule has 0 aromatic rings. The van der Waals surface area contributed by atoms with E-state index in [2.05, 4.69) is 0 Å². The molecule has 0 saturated carbocycles. The lowest BCUT2D eigenvalue weighted by Gasteiger charge is -2.30. The van der Waals surface area contributed by atoms with Gasteiger partial charge in [0, 0.05) is 27.2 Å². The molecular weight excluding hydrogens is 240 g/mol. The van der Waals surface area contributed by atoms with E-state index in [9.17, 15) is 9.59 Å². The van der Waals surface area contributed by atoms with Crippen molar-refractivity contribution in [3.63, 3.8) is 0 Å². The second kappa shape index (κ2) is 8.71. The quantitative estimate of drug-likeness (QED) is 0.634. The number of carbonyl (C=O) groups excluding carboxylic acids is 1. The molecule has 0 aliphatic heterocycles. The van der Waals surface area contributed by atoms with Gasteiger partial charge in [0.2, 0.25) is 0 Å². The van der Waals surface area contributed by atoms with Crippen LogP contribution in [0.5, 0.6) is 0 Å². The van der Waals surface area contributed by atoms with Crippen molar-refractivity contribution in [3.8, 4) is 0 Å². The van der Waals surface area contributed by atoms with E-state index in [0.717, 1.165) is 0 Å². The van der Waals surface area contributed by atoms with Gasteiger partial charge in [-0.2, -0.15) is 0 Å². The number of likely N-dealkylation sites (N-methyl/N-ethyl adjacent to an activating group) is 1. The first kappa shape index (κ1) is 16.7. The molecule has 1 atom stereocenters. The van der Waals surface area contributed by atoms with Gasteiger partial charge in [0.1, 0.15) is 6.04 Å². The Morgan fingerprint density at radius 1 is 1.33 bits per heavy atom. The number of ether oxygens (including phenoxy) is 1. The first-order valence-corrected chi connectivity index (χ1v) is 5.83. The third kappa shape index (κ3) is 4.89. The molecule has 2 N–H and O–H groups in total. The number of carboxylic acids is 1. The number of hydrogen-bond acceptors (Lipinski definition) is 4. The highest BCUT2D eigenvalue weighted by Gasteiger charge is 2.27. The number of aliphatic carboxylic acids is 1. The van der Waals surface area contributed by atoms with Crippen molar-refractivity contribution in [3.05, 3.63) is 0 Å². The van der Waals surface area contributed by atoms with E-state index in [1.807, 2.05) is 0 Å². The third-order valence-electron chi connectivity index (χ3n) is 2.65. The SMILES string of the molecule is CCC(C(=O)O)N(C)C(=O)N(CCO)CCOC. The van der Waals surface area contributed by atoms with Crippen molar-refractivity contribution in [1.82, 2.24) is 9.80 Å². The fraction of sp³-hybridized carbons (Fsp3) is 0.818. The second-order valence-electron chi connectivity index (χ2n) is 3.86. The Morgan fingerprint density at radius 2 is 1.94 bits per heavy atom. The first-order chi connectivity index (χ1) is 8.49. The molecule has 2 amide bonds. The van der Waals surface area contributed by atoms with Gasteiger partial charge >= 0.3 is 12.0 Å². The summed E-state index contributed by atoms with van der Waals surface area (Å²) in [7, 11) is 2.96. The number of aliphatic hydroxyl groups is 1. The van der Waals surface area contributed by atoms with Gasteiger partial charge in [-0.05, 0) is 6.42 Å². The van der Waals surface area contributed by atoms with E-state index in [-0.39, 0.29) is 13.2 Å². The third-order valence-corrected chi connectivity index (χ3v) is 2.65. The molecule has 0 aromatic heterocycles. The van der Waals surface area contributed by atoms with Crippen LogP contribution in [0.25, 0.3) is 0 Å². The van der Waals surface area contributed by atoms with E-state index in [4.69, 9.17) is 14.9 Å². The van der Waals surface area contributed by atoms with E-state index in [0.29, 0.717) is 19.6 Å². The highest BCUT2D eigenvalue weighted by molar-refractivity contribution is 5.82.